The zero-order valence-electron chi connectivity index (χ0n) is 22.5. The summed E-state index contributed by atoms with van der Waals surface area (Å²) < 4.78 is 34.2. The fourth-order valence-corrected chi connectivity index (χ4v) is 55.4. The monoisotopic (exact) mass is 526 g/mol. The molecular weight excluding hydrogens is 477 g/mol. The van der Waals surface area contributed by atoms with Crippen molar-refractivity contribution < 1.29 is 21.5 Å². The maximum Gasteiger partial charge on any atom is 0.360 e. The molecule has 5 nitrogen and oxygen atoms in total. The summed E-state index contributed by atoms with van der Waals surface area (Å²) in [5, 5.41) is 0. The smallest absolute Gasteiger partial charge is 0.360 e. The van der Waals surface area contributed by atoms with Crippen molar-refractivity contribution in [1.29, 1.82) is 0 Å². The highest BCUT2D eigenvalue weighted by atomic mass is 29.7. The molecule has 0 amide bonds. The van der Waals surface area contributed by atoms with Crippen molar-refractivity contribution in [1.82, 2.24) is 0 Å². The average molecular weight is 527 g/mol. The van der Waals surface area contributed by atoms with Crippen LogP contribution in [0.2, 0.25) is 85.1 Å². The lowest BCUT2D eigenvalue weighted by molar-refractivity contribution is 0.00544. The number of hydrogen-bond donors (Lipinski definition) is 0. The lowest BCUT2D eigenvalue weighted by atomic mass is 10.3. The maximum absolute atomic E-state index is 7.09. The zero-order chi connectivity index (χ0) is 24.4. The highest BCUT2D eigenvalue weighted by Crippen LogP contribution is 2.38. The highest BCUT2D eigenvalue weighted by molar-refractivity contribution is 7.63. The summed E-state index contributed by atoms with van der Waals surface area (Å²) in [4.78, 5) is 0. The van der Waals surface area contributed by atoms with Crippen LogP contribution >= 0.6 is 0 Å². The first-order chi connectivity index (χ1) is 13.0. The molecule has 1 atom stereocenters. The molecule has 11 heteroatoms. The molecule has 0 aromatic carbocycles. The van der Waals surface area contributed by atoms with Crippen LogP contribution in [0.25, 0.3) is 0 Å². The molecule has 0 bridgehead atoms. The third-order valence-electron chi connectivity index (χ3n) is 4.19. The SMILES string of the molecule is C=C(C)C(O[Si](C)(C)C)O[Si](OCC)([Si](C)(C)O[Si](C)(C)C)[Si](C)(C)O[Si](C)(C)C. The van der Waals surface area contributed by atoms with Crippen LogP contribution in [0.1, 0.15) is 13.8 Å². The molecule has 0 fully saturated rings. The van der Waals surface area contributed by atoms with Crippen molar-refractivity contribution >= 4 is 48.2 Å². The van der Waals surface area contributed by atoms with Crippen molar-refractivity contribution in [2.75, 3.05) is 6.61 Å². The van der Waals surface area contributed by atoms with Crippen LogP contribution in [0.3, 0.4) is 0 Å². The van der Waals surface area contributed by atoms with Gasteiger partial charge in [-0.15, -0.1) is 0 Å². The normalized spacial score (nSPS) is 16.0. The molecule has 0 saturated carbocycles. The van der Waals surface area contributed by atoms with Crippen LogP contribution in [0.4, 0.5) is 0 Å². The van der Waals surface area contributed by atoms with E-state index in [2.05, 4.69) is 98.6 Å². The van der Waals surface area contributed by atoms with E-state index in [4.69, 9.17) is 21.5 Å². The van der Waals surface area contributed by atoms with Gasteiger partial charge in [-0.2, -0.15) is 0 Å². The van der Waals surface area contributed by atoms with Crippen LogP contribution in [0.15, 0.2) is 12.2 Å². The van der Waals surface area contributed by atoms with E-state index in [0.29, 0.717) is 6.61 Å². The Morgan fingerprint density at radius 1 is 0.667 bits per heavy atom. The van der Waals surface area contributed by atoms with Gasteiger partial charge in [0.05, 0.1) is 0 Å². The van der Waals surface area contributed by atoms with Gasteiger partial charge in [0.2, 0.25) is 15.7 Å². The van der Waals surface area contributed by atoms with Gasteiger partial charge < -0.3 is 21.5 Å². The summed E-state index contributed by atoms with van der Waals surface area (Å²) in [7, 11) is -13.4. The van der Waals surface area contributed by atoms with Crippen molar-refractivity contribution in [3.63, 3.8) is 0 Å². The van der Waals surface area contributed by atoms with Gasteiger partial charge in [0.25, 0.3) is 0 Å². The van der Waals surface area contributed by atoms with Gasteiger partial charge in [-0.05, 0) is 105 Å². The average Bonchev–Trinajstić information content (AvgIpc) is 2.38. The fourth-order valence-electron chi connectivity index (χ4n) is 3.96. The second-order valence-electron chi connectivity index (χ2n) is 12.0. The molecule has 30 heavy (non-hydrogen) atoms. The third-order valence-corrected chi connectivity index (χ3v) is 42.3. The Kier molecular flexibility index (Phi) is 10.7. The maximum atomic E-state index is 7.09. The zero-order valence-corrected chi connectivity index (χ0v) is 28.5. The molecule has 0 spiro atoms. The fraction of sp³-hybridized carbons (Fsp3) is 0.895. The van der Waals surface area contributed by atoms with Gasteiger partial charge in [0.15, 0.2) is 31.2 Å². The van der Waals surface area contributed by atoms with E-state index >= 15 is 0 Å². The third kappa shape index (κ3) is 9.37. The standard InChI is InChI=1S/C19H50O5Si6/c1-17-20-30(28(13,14)23-26(7,8)9,29(15,16)24-27(10,11)12)22-19(18(2)3)21-25(4,5)6/h19H,2,17H2,1,3-16H3. The molecule has 1 unspecified atom stereocenters. The predicted octanol–water partition coefficient (Wildman–Crippen LogP) is 6.51. The second-order valence-corrected chi connectivity index (χ2v) is 47.0. The Labute approximate surface area is 193 Å². The summed E-state index contributed by atoms with van der Waals surface area (Å²) in [5.74, 6) is 0. The van der Waals surface area contributed by atoms with Crippen molar-refractivity contribution in [2.45, 2.75) is 105 Å². The van der Waals surface area contributed by atoms with E-state index in [9.17, 15) is 0 Å². The Morgan fingerprint density at radius 2 is 1.03 bits per heavy atom. The Morgan fingerprint density at radius 3 is 1.27 bits per heavy atom. The van der Waals surface area contributed by atoms with E-state index < -0.39 is 54.5 Å². The molecule has 0 radical (unpaired) electrons. The van der Waals surface area contributed by atoms with Gasteiger partial charge in [0.1, 0.15) is 0 Å². The first kappa shape index (κ1) is 30.8. The molecule has 180 valence electrons. The first-order valence-electron chi connectivity index (χ1n) is 11.0. The molecule has 0 rings (SSSR count). The molecule has 0 heterocycles. The second kappa shape index (κ2) is 10.4. The molecule has 0 aliphatic carbocycles. The summed E-state index contributed by atoms with van der Waals surface area (Å²) in [6, 6.07) is 0. The molecule has 0 aromatic rings. The van der Waals surface area contributed by atoms with Crippen molar-refractivity contribution in [2.24, 2.45) is 0 Å². The quantitative estimate of drug-likeness (QED) is 0.156. The van der Waals surface area contributed by atoms with Crippen LogP contribution < -0.4 is 0 Å². The van der Waals surface area contributed by atoms with E-state index in [0.717, 1.165) is 5.57 Å². The summed E-state index contributed by atoms with van der Waals surface area (Å²) >= 11 is 0. The first-order valence-corrected chi connectivity index (χ1v) is 30.9. The van der Waals surface area contributed by atoms with Crippen molar-refractivity contribution in [3.05, 3.63) is 12.2 Å². The molecular formula is C19H50O5Si6. The number of hydrogen-bond acceptors (Lipinski definition) is 5. The van der Waals surface area contributed by atoms with Gasteiger partial charge in [0, 0.05) is 6.61 Å². The molecule has 0 aliphatic heterocycles. The van der Waals surface area contributed by atoms with Gasteiger partial charge in [-0.25, -0.2) is 0 Å². The largest absolute Gasteiger partial charge is 0.454 e. The Hall–Kier alpha value is 0.841. The van der Waals surface area contributed by atoms with Crippen LogP contribution in [0, 0.1) is 0 Å². The van der Waals surface area contributed by atoms with E-state index in [-0.39, 0.29) is 0 Å². The lowest BCUT2D eigenvalue weighted by Crippen LogP contribution is -2.82. The van der Waals surface area contributed by atoms with Gasteiger partial charge in [-0.1, -0.05) is 6.58 Å². The highest BCUT2D eigenvalue weighted by Gasteiger charge is 2.69. The predicted molar refractivity (Wildman–Crippen MR) is 145 cm³/mol. The minimum Gasteiger partial charge on any atom is -0.454 e. The Bertz CT molecular complexity index is 547. The number of rotatable bonds is 13. The summed E-state index contributed by atoms with van der Waals surface area (Å²) in [6.07, 6.45) is -0.482. The lowest BCUT2D eigenvalue weighted by Gasteiger charge is -2.53. The topological polar surface area (TPSA) is 46.2 Å². The summed E-state index contributed by atoms with van der Waals surface area (Å²) in [5.41, 5.74) is 0.879. The van der Waals surface area contributed by atoms with Crippen molar-refractivity contribution in [3.8, 4) is 0 Å². The van der Waals surface area contributed by atoms with Gasteiger partial charge in [-0.3, -0.25) is 0 Å². The van der Waals surface area contributed by atoms with E-state index in [1.165, 1.54) is 0 Å². The molecule has 0 saturated heterocycles. The summed E-state index contributed by atoms with van der Waals surface area (Å²) in [6.45, 7) is 37.9. The Balaban J connectivity index is 6.75. The minimum atomic E-state index is -2.96. The minimum absolute atomic E-state index is 0.482. The van der Waals surface area contributed by atoms with Gasteiger partial charge >= 0.3 is 7.60 Å². The molecule has 0 aliphatic rings. The van der Waals surface area contributed by atoms with Crippen LogP contribution in [-0.4, -0.2) is 61.1 Å². The van der Waals surface area contributed by atoms with Crippen LogP contribution in [0.5, 0.6) is 0 Å². The van der Waals surface area contributed by atoms with E-state index in [1.54, 1.807) is 0 Å². The van der Waals surface area contributed by atoms with Crippen LogP contribution in [-0.2, 0) is 21.5 Å². The molecule has 0 N–H and O–H groups in total. The molecule has 0 aromatic heterocycles. The van der Waals surface area contributed by atoms with E-state index in [1.807, 2.05) is 6.92 Å².